The summed E-state index contributed by atoms with van der Waals surface area (Å²) in [5.41, 5.74) is 0.481. The average Bonchev–Trinajstić information content (AvgIpc) is 2.58. The molecule has 4 nitrogen and oxygen atoms in total. The Kier molecular flexibility index (Phi) is 3.63. The Hall–Kier alpha value is -1.14. The van der Waals surface area contributed by atoms with Gasteiger partial charge in [-0.2, -0.15) is 4.99 Å². The topological polar surface area (TPSA) is 58.5 Å². The van der Waals surface area contributed by atoms with Crippen molar-refractivity contribution in [3.05, 3.63) is 34.3 Å². The standard InChI is InChI=1S/C11H9BrN2O2S/c1-6-9(15)13-11(17-6)14-10(16)7-4-2-3-5-8(7)12/h2-6H,1H3,(H,13,14,15,16). The van der Waals surface area contributed by atoms with Crippen molar-refractivity contribution in [2.24, 2.45) is 4.99 Å². The van der Waals surface area contributed by atoms with E-state index < -0.39 is 0 Å². The fraction of sp³-hybridized carbons (Fsp3) is 0.182. The molecule has 1 heterocycles. The van der Waals surface area contributed by atoms with Crippen molar-refractivity contribution in [2.75, 3.05) is 0 Å². The molecular weight excluding hydrogens is 304 g/mol. The number of halogens is 1. The first-order valence-corrected chi connectivity index (χ1v) is 6.60. The summed E-state index contributed by atoms with van der Waals surface area (Å²) in [6, 6.07) is 7.04. The fourth-order valence-electron chi connectivity index (χ4n) is 1.30. The number of benzene rings is 1. The largest absolute Gasteiger partial charge is 0.304 e. The zero-order valence-corrected chi connectivity index (χ0v) is 11.3. The molecule has 1 aliphatic rings. The third-order valence-corrected chi connectivity index (χ3v) is 3.87. The molecule has 0 radical (unpaired) electrons. The first-order chi connectivity index (χ1) is 8.08. The molecule has 0 saturated carbocycles. The van der Waals surface area contributed by atoms with E-state index in [1.165, 1.54) is 11.8 Å². The van der Waals surface area contributed by atoms with E-state index in [1.54, 1.807) is 25.1 Å². The van der Waals surface area contributed by atoms with Crippen LogP contribution in [0.2, 0.25) is 0 Å². The van der Waals surface area contributed by atoms with Crippen molar-refractivity contribution in [1.29, 1.82) is 0 Å². The highest BCUT2D eigenvalue weighted by Gasteiger charge is 2.26. The van der Waals surface area contributed by atoms with E-state index in [9.17, 15) is 9.59 Å². The van der Waals surface area contributed by atoms with E-state index in [0.29, 0.717) is 15.2 Å². The van der Waals surface area contributed by atoms with Crippen LogP contribution in [0.5, 0.6) is 0 Å². The zero-order chi connectivity index (χ0) is 12.4. The highest BCUT2D eigenvalue weighted by Crippen LogP contribution is 2.21. The quantitative estimate of drug-likeness (QED) is 0.865. The van der Waals surface area contributed by atoms with Gasteiger partial charge in [-0.05, 0) is 35.0 Å². The van der Waals surface area contributed by atoms with Gasteiger partial charge in [-0.25, -0.2) is 0 Å². The predicted octanol–water partition coefficient (Wildman–Crippen LogP) is 2.20. The van der Waals surface area contributed by atoms with E-state index in [2.05, 4.69) is 26.2 Å². The number of nitrogens with zero attached hydrogens (tertiary/aromatic N) is 1. The molecule has 1 unspecified atom stereocenters. The zero-order valence-electron chi connectivity index (χ0n) is 8.94. The molecule has 2 amide bonds. The molecule has 1 aromatic carbocycles. The Bertz CT molecular complexity index is 516. The molecule has 2 rings (SSSR count). The third kappa shape index (κ3) is 2.76. The normalized spacial score (nSPS) is 21.6. The van der Waals surface area contributed by atoms with Gasteiger partial charge in [0.1, 0.15) is 0 Å². The minimum atomic E-state index is -0.366. The van der Waals surface area contributed by atoms with Crippen LogP contribution in [0.3, 0.4) is 0 Å². The SMILES string of the molecule is CC1SC(=NC(=O)c2ccccc2Br)NC1=O. The van der Waals surface area contributed by atoms with Crippen LogP contribution in [0.15, 0.2) is 33.7 Å². The minimum Gasteiger partial charge on any atom is -0.304 e. The first-order valence-electron chi connectivity index (χ1n) is 4.93. The van der Waals surface area contributed by atoms with Crippen LogP contribution in [0, 0.1) is 0 Å². The van der Waals surface area contributed by atoms with Crippen molar-refractivity contribution in [3.63, 3.8) is 0 Å². The Labute approximate surface area is 111 Å². The second-order valence-electron chi connectivity index (χ2n) is 3.45. The third-order valence-electron chi connectivity index (χ3n) is 2.20. The van der Waals surface area contributed by atoms with Crippen molar-refractivity contribution in [3.8, 4) is 0 Å². The maximum Gasteiger partial charge on any atom is 0.280 e. The van der Waals surface area contributed by atoms with E-state index in [4.69, 9.17) is 0 Å². The van der Waals surface area contributed by atoms with Crippen LogP contribution < -0.4 is 5.32 Å². The molecular formula is C11H9BrN2O2S. The maximum absolute atomic E-state index is 11.9. The van der Waals surface area contributed by atoms with Gasteiger partial charge in [0.2, 0.25) is 5.91 Å². The van der Waals surface area contributed by atoms with Crippen molar-refractivity contribution in [1.82, 2.24) is 5.32 Å². The van der Waals surface area contributed by atoms with Gasteiger partial charge in [0.25, 0.3) is 5.91 Å². The van der Waals surface area contributed by atoms with Crippen LogP contribution in [0.25, 0.3) is 0 Å². The number of thioether (sulfide) groups is 1. The first kappa shape index (κ1) is 12.3. The molecule has 1 atom stereocenters. The fourth-order valence-corrected chi connectivity index (χ4v) is 2.55. The molecule has 0 aliphatic carbocycles. The summed E-state index contributed by atoms with van der Waals surface area (Å²) < 4.78 is 0.691. The summed E-state index contributed by atoms with van der Waals surface area (Å²) in [5.74, 6) is -0.483. The smallest absolute Gasteiger partial charge is 0.280 e. The molecule has 88 valence electrons. The van der Waals surface area contributed by atoms with Crippen LogP contribution in [-0.4, -0.2) is 22.2 Å². The summed E-state index contributed by atoms with van der Waals surface area (Å²) in [7, 11) is 0. The average molecular weight is 313 g/mol. The van der Waals surface area contributed by atoms with E-state index in [-0.39, 0.29) is 17.1 Å². The van der Waals surface area contributed by atoms with Gasteiger partial charge < -0.3 is 5.32 Å². The number of hydrogen-bond donors (Lipinski definition) is 1. The molecule has 1 saturated heterocycles. The maximum atomic E-state index is 11.9. The molecule has 1 aliphatic heterocycles. The lowest BCUT2D eigenvalue weighted by Gasteiger charge is -1.99. The molecule has 0 spiro atoms. The molecule has 6 heteroatoms. The number of aliphatic imine (C=N–C) groups is 1. The minimum absolute atomic E-state index is 0.117. The molecule has 1 aromatic rings. The summed E-state index contributed by atoms with van der Waals surface area (Å²) in [6.45, 7) is 1.77. The monoisotopic (exact) mass is 312 g/mol. The summed E-state index contributed by atoms with van der Waals surface area (Å²) in [6.07, 6.45) is 0. The highest BCUT2D eigenvalue weighted by molar-refractivity contribution is 9.10. The molecule has 1 N–H and O–H groups in total. The van der Waals surface area contributed by atoms with Crippen LogP contribution in [-0.2, 0) is 4.79 Å². The van der Waals surface area contributed by atoms with Gasteiger partial charge >= 0.3 is 0 Å². The molecule has 0 bridgehead atoms. The Balaban J connectivity index is 2.21. The van der Waals surface area contributed by atoms with Gasteiger partial charge in [-0.1, -0.05) is 23.9 Å². The van der Waals surface area contributed by atoms with Gasteiger partial charge in [0.05, 0.1) is 10.8 Å². The van der Waals surface area contributed by atoms with Gasteiger partial charge in [0.15, 0.2) is 5.17 Å². The van der Waals surface area contributed by atoms with Gasteiger partial charge in [0, 0.05) is 4.47 Å². The van der Waals surface area contributed by atoms with Crippen LogP contribution in [0.4, 0.5) is 0 Å². The molecule has 1 fully saturated rings. The van der Waals surface area contributed by atoms with Crippen LogP contribution in [0.1, 0.15) is 17.3 Å². The van der Waals surface area contributed by atoms with Crippen molar-refractivity contribution in [2.45, 2.75) is 12.2 Å². The van der Waals surface area contributed by atoms with E-state index >= 15 is 0 Å². The van der Waals surface area contributed by atoms with Gasteiger partial charge in [-0.15, -0.1) is 0 Å². The summed E-state index contributed by atoms with van der Waals surface area (Å²) >= 11 is 4.54. The lowest BCUT2D eigenvalue weighted by molar-refractivity contribution is -0.118. The lowest BCUT2D eigenvalue weighted by Crippen LogP contribution is -2.23. The predicted molar refractivity (Wildman–Crippen MR) is 71.1 cm³/mol. The second-order valence-corrected chi connectivity index (χ2v) is 5.64. The van der Waals surface area contributed by atoms with Crippen molar-refractivity contribution < 1.29 is 9.59 Å². The number of nitrogens with one attached hydrogen (secondary N) is 1. The number of carbonyl (C=O) groups is 2. The van der Waals surface area contributed by atoms with Gasteiger partial charge in [-0.3, -0.25) is 9.59 Å². The Morgan fingerprint density at radius 2 is 2.18 bits per heavy atom. The highest BCUT2D eigenvalue weighted by atomic mass is 79.9. The van der Waals surface area contributed by atoms with Crippen molar-refractivity contribution >= 4 is 44.7 Å². The number of amides is 2. The summed E-state index contributed by atoms with van der Waals surface area (Å²) in [5, 5.41) is 2.73. The second kappa shape index (κ2) is 5.01. The van der Waals surface area contributed by atoms with E-state index in [1.807, 2.05) is 6.07 Å². The number of rotatable bonds is 1. The molecule has 17 heavy (non-hydrogen) atoms. The molecule has 0 aromatic heterocycles. The van der Waals surface area contributed by atoms with E-state index in [0.717, 1.165) is 0 Å². The summed E-state index contributed by atoms with van der Waals surface area (Å²) in [4.78, 5) is 27.0. The lowest BCUT2D eigenvalue weighted by atomic mass is 10.2. The number of carbonyl (C=O) groups excluding carboxylic acids is 2. The van der Waals surface area contributed by atoms with Crippen LogP contribution >= 0.6 is 27.7 Å². The Morgan fingerprint density at radius 3 is 2.76 bits per heavy atom. The Morgan fingerprint density at radius 1 is 1.47 bits per heavy atom. The number of amidine groups is 1. The number of hydrogen-bond acceptors (Lipinski definition) is 3.